The molecular formula is C16H39BF4N2. The lowest BCUT2D eigenvalue weighted by Gasteiger charge is -2.39. The van der Waals surface area contributed by atoms with Crippen molar-refractivity contribution >= 4 is 7.25 Å². The van der Waals surface area contributed by atoms with E-state index in [9.17, 15) is 17.3 Å². The number of halogens is 4. The van der Waals surface area contributed by atoms with Crippen molar-refractivity contribution in [3.8, 4) is 0 Å². The lowest BCUT2D eigenvalue weighted by Crippen LogP contribution is -2.50. The molecule has 0 aliphatic carbocycles. The van der Waals surface area contributed by atoms with Gasteiger partial charge in [0.2, 0.25) is 0 Å². The van der Waals surface area contributed by atoms with E-state index < -0.39 is 7.25 Å². The van der Waals surface area contributed by atoms with Crippen LogP contribution >= 0.6 is 0 Å². The Bertz CT molecular complexity index is 195. The Kier molecular flexibility index (Phi) is 19.8. The zero-order valence-electron chi connectivity index (χ0n) is 15.7. The number of unbranched alkanes of at least 4 members (excludes halogenated alkanes) is 4. The smallest absolute Gasteiger partial charge is 0.418 e. The Balaban J connectivity index is -0.000000578. The van der Waals surface area contributed by atoms with Crippen LogP contribution in [-0.4, -0.2) is 37.9 Å². The minimum Gasteiger partial charge on any atom is -0.418 e. The van der Waals surface area contributed by atoms with Gasteiger partial charge < -0.3 is 27.9 Å². The normalized spacial score (nSPS) is 11.5. The Morgan fingerprint density at radius 3 is 0.870 bits per heavy atom. The van der Waals surface area contributed by atoms with E-state index in [4.69, 9.17) is 0 Å². The molecule has 0 bridgehead atoms. The van der Waals surface area contributed by atoms with Crippen LogP contribution in [0, 0.1) is 0 Å². The summed E-state index contributed by atoms with van der Waals surface area (Å²) in [5.41, 5.74) is 0. The van der Waals surface area contributed by atoms with Gasteiger partial charge in [0, 0.05) is 0 Å². The number of rotatable bonds is 12. The van der Waals surface area contributed by atoms with Gasteiger partial charge >= 0.3 is 7.25 Å². The molecule has 3 N–H and O–H groups in total. The molecule has 144 valence electrons. The molecule has 0 atom stereocenters. The van der Waals surface area contributed by atoms with E-state index in [2.05, 4.69) is 27.7 Å². The van der Waals surface area contributed by atoms with Gasteiger partial charge in [0.15, 0.2) is 0 Å². The van der Waals surface area contributed by atoms with Gasteiger partial charge in [0.25, 0.3) is 0 Å². The van der Waals surface area contributed by atoms with Crippen LogP contribution in [0.4, 0.5) is 17.3 Å². The van der Waals surface area contributed by atoms with E-state index >= 15 is 0 Å². The zero-order chi connectivity index (χ0) is 17.5. The molecule has 0 aromatic heterocycles. The first-order valence-corrected chi connectivity index (χ1v) is 8.97. The van der Waals surface area contributed by atoms with Crippen molar-refractivity contribution in [2.45, 2.75) is 79.1 Å². The maximum atomic E-state index is 9.75. The minimum absolute atomic E-state index is 0. The average molecular weight is 346 g/mol. The number of quaternary nitrogens is 1. The van der Waals surface area contributed by atoms with Crippen LogP contribution in [0.3, 0.4) is 0 Å². The molecule has 7 heteroatoms. The third-order valence-electron chi connectivity index (χ3n) is 3.94. The van der Waals surface area contributed by atoms with E-state index in [0.717, 1.165) is 0 Å². The molecule has 23 heavy (non-hydrogen) atoms. The van der Waals surface area contributed by atoms with Crippen LogP contribution in [0.2, 0.25) is 0 Å². The highest BCUT2D eigenvalue weighted by atomic mass is 19.5. The third-order valence-corrected chi connectivity index (χ3v) is 3.94. The lowest BCUT2D eigenvalue weighted by atomic mass is 10.1. The molecule has 0 radical (unpaired) electrons. The fourth-order valence-corrected chi connectivity index (χ4v) is 2.64. The lowest BCUT2D eigenvalue weighted by molar-refractivity contribution is -0.929. The molecule has 0 saturated heterocycles. The van der Waals surface area contributed by atoms with Crippen LogP contribution in [0.1, 0.15) is 79.1 Å². The molecule has 0 aliphatic rings. The molecule has 0 saturated carbocycles. The highest BCUT2D eigenvalue weighted by Crippen LogP contribution is 2.16. The average Bonchev–Trinajstić information content (AvgIpc) is 2.44. The maximum Gasteiger partial charge on any atom is 0.673 e. The Morgan fingerprint density at radius 2 is 0.739 bits per heavy atom. The van der Waals surface area contributed by atoms with E-state index in [1.165, 1.54) is 82.0 Å². The molecule has 0 unspecified atom stereocenters. The molecule has 0 aromatic carbocycles. The van der Waals surface area contributed by atoms with Crippen molar-refractivity contribution in [2.24, 2.45) is 0 Å². The highest BCUT2D eigenvalue weighted by molar-refractivity contribution is 6.50. The minimum atomic E-state index is -6.00. The fraction of sp³-hybridized carbons (Fsp3) is 1.00. The number of hydrogen-bond acceptors (Lipinski definition) is 1. The molecule has 0 fully saturated rings. The summed E-state index contributed by atoms with van der Waals surface area (Å²) in [4.78, 5) is 0. The van der Waals surface area contributed by atoms with Gasteiger partial charge in [-0.15, -0.1) is 0 Å². The van der Waals surface area contributed by atoms with Crippen LogP contribution in [-0.2, 0) is 0 Å². The van der Waals surface area contributed by atoms with Crippen molar-refractivity contribution in [1.29, 1.82) is 0 Å². The van der Waals surface area contributed by atoms with Crippen molar-refractivity contribution < 1.29 is 21.7 Å². The van der Waals surface area contributed by atoms with Gasteiger partial charge in [-0.3, -0.25) is 0 Å². The van der Waals surface area contributed by atoms with Crippen molar-refractivity contribution in [3.63, 3.8) is 0 Å². The quantitative estimate of drug-likeness (QED) is 0.245. The zero-order valence-corrected chi connectivity index (χ0v) is 15.7. The van der Waals surface area contributed by atoms with E-state index in [1.807, 2.05) is 0 Å². The van der Waals surface area contributed by atoms with Crippen LogP contribution in [0.25, 0.3) is 0 Å². The molecule has 0 spiro atoms. The predicted molar refractivity (Wildman–Crippen MR) is 94.6 cm³/mol. The van der Waals surface area contributed by atoms with E-state index in [0.29, 0.717) is 0 Å². The van der Waals surface area contributed by atoms with Crippen molar-refractivity contribution in [1.82, 2.24) is 6.15 Å². The van der Waals surface area contributed by atoms with Crippen molar-refractivity contribution in [3.05, 3.63) is 0 Å². The standard InChI is InChI=1S/C16H36N.BF4.H3N/c1-5-9-13-17(14-10-6-2,15-11-7-3)16-12-8-4;2-1(3,4)5;/h5-16H2,1-4H3;;1H3/q+1;-1;. The Labute approximate surface area is 141 Å². The van der Waals surface area contributed by atoms with Crippen LogP contribution < -0.4 is 6.15 Å². The fourth-order valence-electron chi connectivity index (χ4n) is 2.64. The largest absolute Gasteiger partial charge is 0.673 e. The molecule has 0 amide bonds. The second-order valence-electron chi connectivity index (χ2n) is 6.15. The van der Waals surface area contributed by atoms with Crippen molar-refractivity contribution in [2.75, 3.05) is 26.2 Å². The van der Waals surface area contributed by atoms with E-state index in [-0.39, 0.29) is 6.15 Å². The number of hydrogen-bond donors (Lipinski definition) is 1. The summed E-state index contributed by atoms with van der Waals surface area (Å²) in [5.74, 6) is 0. The predicted octanol–water partition coefficient (Wildman–Crippen LogP) is 6.47. The highest BCUT2D eigenvalue weighted by Gasteiger charge is 2.24. The van der Waals surface area contributed by atoms with E-state index in [1.54, 1.807) is 0 Å². The molecule has 0 rings (SSSR count). The summed E-state index contributed by atoms with van der Waals surface area (Å²) in [6.45, 7) is 15.0. The summed E-state index contributed by atoms with van der Waals surface area (Å²) >= 11 is 0. The second kappa shape index (κ2) is 16.6. The number of nitrogens with zero attached hydrogens (tertiary/aromatic N) is 1. The topological polar surface area (TPSA) is 35.0 Å². The van der Waals surface area contributed by atoms with Gasteiger partial charge in [-0.2, -0.15) is 0 Å². The first kappa shape index (κ1) is 27.5. The molecule has 2 nitrogen and oxygen atoms in total. The van der Waals surface area contributed by atoms with Gasteiger partial charge in [0.05, 0.1) is 26.2 Å². The third kappa shape index (κ3) is 21.7. The Morgan fingerprint density at radius 1 is 0.565 bits per heavy atom. The second-order valence-corrected chi connectivity index (χ2v) is 6.15. The first-order valence-electron chi connectivity index (χ1n) is 8.97. The summed E-state index contributed by atoms with van der Waals surface area (Å²) in [6, 6.07) is 0. The summed E-state index contributed by atoms with van der Waals surface area (Å²) in [5, 5.41) is 0. The van der Waals surface area contributed by atoms with Crippen LogP contribution in [0.5, 0.6) is 0 Å². The monoisotopic (exact) mass is 346 g/mol. The van der Waals surface area contributed by atoms with Gasteiger partial charge in [-0.25, -0.2) is 0 Å². The summed E-state index contributed by atoms with van der Waals surface area (Å²) < 4.78 is 40.4. The summed E-state index contributed by atoms with van der Waals surface area (Å²) in [6.07, 6.45) is 11.1. The van der Waals surface area contributed by atoms with Gasteiger partial charge in [-0.05, 0) is 25.7 Å². The van der Waals surface area contributed by atoms with Crippen LogP contribution in [0.15, 0.2) is 0 Å². The molecular weight excluding hydrogens is 307 g/mol. The maximum absolute atomic E-state index is 9.75. The SMILES string of the molecule is CCCC[N+](CCCC)(CCCC)CCCC.F[B-](F)(F)F.N. The van der Waals surface area contributed by atoms with Gasteiger partial charge in [0.1, 0.15) is 0 Å². The molecule has 0 heterocycles. The molecule has 0 aliphatic heterocycles. The summed E-state index contributed by atoms with van der Waals surface area (Å²) in [7, 11) is -6.00. The van der Waals surface area contributed by atoms with Gasteiger partial charge in [-0.1, -0.05) is 53.4 Å². The Hall–Kier alpha value is -0.295. The molecule has 0 aromatic rings. The first-order chi connectivity index (χ1) is 10.2.